The highest BCUT2D eigenvalue weighted by Crippen LogP contribution is 2.42. The second-order valence-electron chi connectivity index (χ2n) is 6.89. The average Bonchev–Trinajstić information content (AvgIpc) is 3.40. The van der Waals surface area contributed by atoms with Gasteiger partial charge in [0.2, 0.25) is 0 Å². The van der Waals surface area contributed by atoms with Gasteiger partial charge in [0.1, 0.15) is 0 Å². The molecule has 0 bridgehead atoms. The Morgan fingerprint density at radius 3 is 2.56 bits per heavy atom. The maximum atomic E-state index is 13.0. The van der Waals surface area contributed by atoms with Crippen LogP contribution in [0.25, 0.3) is 5.69 Å². The van der Waals surface area contributed by atoms with E-state index in [1.807, 2.05) is 35.0 Å². The summed E-state index contributed by atoms with van der Waals surface area (Å²) in [5, 5.41) is 13.7. The van der Waals surface area contributed by atoms with E-state index in [2.05, 4.69) is 5.10 Å². The molecule has 2 fully saturated rings. The van der Waals surface area contributed by atoms with E-state index in [1.165, 1.54) is 0 Å². The SMILES string of the molecule is O=C(O)C1CCCN(C(=O)c2cnn(-c3ccccc3)c2C2CC2)C1. The number of carbonyl (C=O) groups is 2. The lowest BCUT2D eigenvalue weighted by Gasteiger charge is -2.30. The molecule has 1 amide bonds. The van der Waals surface area contributed by atoms with E-state index in [4.69, 9.17) is 0 Å². The third kappa shape index (κ3) is 3.04. The standard InChI is InChI=1S/C19H21N3O3/c23-18(21-10-4-5-14(12-21)19(24)25)16-11-20-22(17(16)13-8-9-13)15-6-2-1-3-7-15/h1-3,6-7,11,13-14H,4-5,8-10,12H2,(H,24,25). The monoisotopic (exact) mass is 339 g/mol. The number of aromatic nitrogens is 2. The summed E-state index contributed by atoms with van der Waals surface area (Å²) < 4.78 is 1.86. The Morgan fingerprint density at radius 1 is 1.12 bits per heavy atom. The van der Waals surface area contributed by atoms with Gasteiger partial charge in [0.05, 0.1) is 29.1 Å². The summed E-state index contributed by atoms with van der Waals surface area (Å²) in [7, 11) is 0. The number of carboxylic acid groups (broad SMARTS) is 1. The van der Waals surface area contributed by atoms with Crippen molar-refractivity contribution in [3.05, 3.63) is 47.8 Å². The number of carboxylic acids is 1. The number of rotatable bonds is 4. The fourth-order valence-electron chi connectivity index (χ4n) is 3.58. The number of piperidine rings is 1. The molecular formula is C19H21N3O3. The van der Waals surface area contributed by atoms with Crippen molar-refractivity contribution in [1.29, 1.82) is 0 Å². The predicted octanol–water partition coefficient (Wildman–Crippen LogP) is 2.69. The highest BCUT2D eigenvalue weighted by molar-refractivity contribution is 5.96. The van der Waals surface area contributed by atoms with Gasteiger partial charge in [-0.05, 0) is 37.8 Å². The molecule has 1 N–H and O–H groups in total. The maximum absolute atomic E-state index is 13.0. The molecule has 0 radical (unpaired) electrons. The molecule has 1 aromatic carbocycles. The van der Waals surface area contributed by atoms with Crippen LogP contribution in [0, 0.1) is 5.92 Å². The lowest BCUT2D eigenvalue weighted by atomic mass is 9.97. The molecule has 1 atom stereocenters. The number of hydrogen-bond acceptors (Lipinski definition) is 3. The van der Waals surface area contributed by atoms with E-state index < -0.39 is 11.9 Å². The number of carbonyl (C=O) groups excluding carboxylic acids is 1. The van der Waals surface area contributed by atoms with Crippen LogP contribution in [0.1, 0.15) is 47.7 Å². The highest BCUT2D eigenvalue weighted by Gasteiger charge is 2.36. The number of amides is 1. The van der Waals surface area contributed by atoms with Gasteiger partial charge >= 0.3 is 5.97 Å². The van der Waals surface area contributed by atoms with Gasteiger partial charge in [0.25, 0.3) is 5.91 Å². The van der Waals surface area contributed by atoms with Crippen molar-refractivity contribution in [2.24, 2.45) is 5.92 Å². The van der Waals surface area contributed by atoms with Crippen molar-refractivity contribution in [3.8, 4) is 5.69 Å². The average molecular weight is 339 g/mol. The minimum atomic E-state index is -0.820. The van der Waals surface area contributed by atoms with Gasteiger partial charge in [-0.1, -0.05) is 18.2 Å². The van der Waals surface area contributed by atoms with Crippen LogP contribution in [-0.2, 0) is 4.79 Å². The van der Waals surface area contributed by atoms with Crippen LogP contribution in [0.4, 0.5) is 0 Å². The van der Waals surface area contributed by atoms with E-state index in [0.29, 0.717) is 24.4 Å². The molecule has 6 nitrogen and oxygen atoms in total. The summed E-state index contributed by atoms with van der Waals surface area (Å²) in [6.45, 7) is 0.901. The first-order valence-corrected chi connectivity index (χ1v) is 8.80. The number of nitrogens with zero attached hydrogens (tertiary/aromatic N) is 3. The molecular weight excluding hydrogens is 318 g/mol. The second kappa shape index (κ2) is 6.35. The zero-order valence-corrected chi connectivity index (χ0v) is 14.0. The van der Waals surface area contributed by atoms with Gasteiger partial charge in [-0.25, -0.2) is 4.68 Å². The minimum Gasteiger partial charge on any atom is -0.481 e. The first-order chi connectivity index (χ1) is 12.1. The maximum Gasteiger partial charge on any atom is 0.308 e. The lowest BCUT2D eigenvalue weighted by Crippen LogP contribution is -2.42. The number of likely N-dealkylation sites (tertiary alicyclic amines) is 1. The van der Waals surface area contributed by atoms with Gasteiger partial charge in [-0.2, -0.15) is 5.10 Å². The third-order valence-electron chi connectivity index (χ3n) is 5.06. The molecule has 6 heteroatoms. The van der Waals surface area contributed by atoms with Crippen LogP contribution in [0.5, 0.6) is 0 Å². The van der Waals surface area contributed by atoms with Crippen molar-refractivity contribution in [2.45, 2.75) is 31.6 Å². The van der Waals surface area contributed by atoms with E-state index >= 15 is 0 Å². The van der Waals surface area contributed by atoms with Crippen LogP contribution < -0.4 is 0 Å². The summed E-state index contributed by atoms with van der Waals surface area (Å²) >= 11 is 0. The molecule has 1 saturated heterocycles. The first kappa shape index (κ1) is 15.9. The minimum absolute atomic E-state index is 0.0879. The quantitative estimate of drug-likeness (QED) is 0.929. The Morgan fingerprint density at radius 2 is 1.88 bits per heavy atom. The molecule has 2 aromatic rings. The summed E-state index contributed by atoms with van der Waals surface area (Å²) in [5.74, 6) is -1.01. The summed E-state index contributed by atoms with van der Waals surface area (Å²) in [6, 6.07) is 9.83. The van der Waals surface area contributed by atoms with Crippen LogP contribution in [-0.4, -0.2) is 44.8 Å². The van der Waals surface area contributed by atoms with Crippen molar-refractivity contribution in [3.63, 3.8) is 0 Å². The molecule has 1 unspecified atom stereocenters. The van der Waals surface area contributed by atoms with Gasteiger partial charge in [0, 0.05) is 19.0 Å². The normalized spacial score (nSPS) is 20.5. The molecule has 1 aliphatic heterocycles. The largest absolute Gasteiger partial charge is 0.481 e. The molecule has 2 aliphatic rings. The van der Waals surface area contributed by atoms with Gasteiger partial charge in [-0.3, -0.25) is 9.59 Å². The van der Waals surface area contributed by atoms with Crippen molar-refractivity contribution < 1.29 is 14.7 Å². The van der Waals surface area contributed by atoms with Crippen LogP contribution >= 0.6 is 0 Å². The van der Waals surface area contributed by atoms with Crippen molar-refractivity contribution >= 4 is 11.9 Å². The second-order valence-corrected chi connectivity index (χ2v) is 6.89. The molecule has 4 rings (SSSR count). The van der Waals surface area contributed by atoms with E-state index in [-0.39, 0.29) is 12.5 Å². The Labute approximate surface area is 146 Å². The van der Waals surface area contributed by atoms with E-state index in [1.54, 1.807) is 11.1 Å². The van der Waals surface area contributed by atoms with Gasteiger partial charge < -0.3 is 10.0 Å². The number of benzene rings is 1. The molecule has 1 aliphatic carbocycles. The summed E-state index contributed by atoms with van der Waals surface area (Å²) in [5.41, 5.74) is 2.54. The molecule has 1 aromatic heterocycles. The number of aliphatic carboxylic acids is 1. The Kier molecular flexibility index (Phi) is 4.03. The zero-order valence-electron chi connectivity index (χ0n) is 14.0. The summed E-state index contributed by atoms with van der Waals surface area (Å²) in [6.07, 6.45) is 5.15. The van der Waals surface area contributed by atoms with Gasteiger partial charge in [0.15, 0.2) is 0 Å². The fraction of sp³-hybridized carbons (Fsp3) is 0.421. The van der Waals surface area contributed by atoms with Crippen molar-refractivity contribution in [1.82, 2.24) is 14.7 Å². The van der Waals surface area contributed by atoms with Crippen molar-refractivity contribution in [2.75, 3.05) is 13.1 Å². The van der Waals surface area contributed by atoms with E-state index in [0.717, 1.165) is 30.6 Å². The zero-order chi connectivity index (χ0) is 17.4. The number of para-hydroxylation sites is 1. The highest BCUT2D eigenvalue weighted by atomic mass is 16.4. The smallest absolute Gasteiger partial charge is 0.308 e. The molecule has 1 saturated carbocycles. The molecule has 2 heterocycles. The van der Waals surface area contributed by atoms with E-state index in [9.17, 15) is 14.7 Å². The van der Waals surface area contributed by atoms with Crippen LogP contribution in [0.15, 0.2) is 36.5 Å². The molecule has 0 spiro atoms. The van der Waals surface area contributed by atoms with Crippen LogP contribution in [0.3, 0.4) is 0 Å². The Bertz CT molecular complexity index is 796. The molecule has 130 valence electrons. The lowest BCUT2D eigenvalue weighted by molar-refractivity contribution is -0.143. The number of hydrogen-bond donors (Lipinski definition) is 1. The van der Waals surface area contributed by atoms with Crippen LogP contribution in [0.2, 0.25) is 0 Å². The third-order valence-corrected chi connectivity index (χ3v) is 5.06. The topological polar surface area (TPSA) is 75.4 Å². The Balaban J connectivity index is 1.65. The summed E-state index contributed by atoms with van der Waals surface area (Å²) in [4.78, 5) is 26.0. The first-order valence-electron chi connectivity index (χ1n) is 8.80. The molecule has 25 heavy (non-hydrogen) atoms. The Hall–Kier alpha value is -2.63. The predicted molar refractivity (Wildman–Crippen MR) is 91.8 cm³/mol. The fourth-order valence-corrected chi connectivity index (χ4v) is 3.58. The van der Waals surface area contributed by atoms with Gasteiger partial charge in [-0.15, -0.1) is 0 Å².